The molecule has 0 atom stereocenters. The van der Waals surface area contributed by atoms with Crippen LogP contribution in [0.25, 0.3) is 11.3 Å². The highest BCUT2D eigenvalue weighted by atomic mass is 35.5. The summed E-state index contributed by atoms with van der Waals surface area (Å²) in [6, 6.07) is 6.96. The zero-order valence-corrected chi connectivity index (χ0v) is 13.2. The summed E-state index contributed by atoms with van der Waals surface area (Å²) >= 11 is 5.80. The second-order valence-corrected chi connectivity index (χ2v) is 6.48. The van der Waals surface area contributed by atoms with Crippen molar-refractivity contribution in [2.45, 2.75) is 6.92 Å². The normalized spacial score (nSPS) is 11.2. The molecule has 0 aliphatic rings. The highest BCUT2D eigenvalue weighted by Gasteiger charge is 2.18. The van der Waals surface area contributed by atoms with Crippen molar-refractivity contribution >= 4 is 33.5 Å². The van der Waals surface area contributed by atoms with Crippen LogP contribution in [0.1, 0.15) is 6.92 Å². The van der Waals surface area contributed by atoms with Gasteiger partial charge in [-0.05, 0) is 24.6 Å². The number of hydrogen-bond acceptors (Lipinski definition) is 5. The standard InChI is InChI=1S/C13H14ClN3O4S/c1-2-21-12(18)8-22(19,20)17-13-15-7-11(16-13)9-3-5-10(14)6-4-9/h3-7H,2,8H2,1H3,(H2,15,16,17). The van der Waals surface area contributed by atoms with E-state index in [1.54, 1.807) is 31.2 Å². The van der Waals surface area contributed by atoms with E-state index in [1.807, 2.05) is 0 Å². The minimum absolute atomic E-state index is 0.0225. The number of esters is 1. The van der Waals surface area contributed by atoms with Crippen LogP contribution in [-0.4, -0.2) is 36.7 Å². The molecule has 0 saturated carbocycles. The van der Waals surface area contributed by atoms with Gasteiger partial charge in [0.15, 0.2) is 5.75 Å². The van der Waals surface area contributed by atoms with Crippen molar-refractivity contribution in [3.05, 3.63) is 35.5 Å². The lowest BCUT2D eigenvalue weighted by molar-refractivity contribution is -0.139. The number of sulfonamides is 1. The van der Waals surface area contributed by atoms with Crippen LogP contribution in [0.4, 0.5) is 5.95 Å². The van der Waals surface area contributed by atoms with E-state index in [0.29, 0.717) is 10.7 Å². The average molecular weight is 344 g/mol. The first-order valence-electron chi connectivity index (χ1n) is 6.36. The summed E-state index contributed by atoms with van der Waals surface area (Å²) in [6.07, 6.45) is 1.48. The second kappa shape index (κ2) is 6.80. The lowest BCUT2D eigenvalue weighted by atomic mass is 10.2. The predicted molar refractivity (Wildman–Crippen MR) is 83.1 cm³/mol. The van der Waals surface area contributed by atoms with E-state index in [2.05, 4.69) is 19.4 Å². The molecule has 7 nitrogen and oxygen atoms in total. The summed E-state index contributed by atoms with van der Waals surface area (Å²) in [5, 5.41) is 0.596. The van der Waals surface area contributed by atoms with Crippen molar-refractivity contribution in [1.82, 2.24) is 9.97 Å². The number of ether oxygens (including phenoxy) is 1. The molecule has 1 heterocycles. The number of halogens is 1. The number of benzene rings is 1. The van der Waals surface area contributed by atoms with Gasteiger partial charge in [0.1, 0.15) is 0 Å². The third-order valence-corrected chi connectivity index (χ3v) is 3.97. The number of H-pyrrole nitrogens is 1. The predicted octanol–water partition coefficient (Wildman–Crippen LogP) is 2.03. The van der Waals surface area contributed by atoms with Gasteiger partial charge in [-0.3, -0.25) is 9.52 Å². The van der Waals surface area contributed by atoms with E-state index in [4.69, 9.17) is 11.6 Å². The minimum Gasteiger partial charge on any atom is -0.465 e. The SMILES string of the molecule is CCOC(=O)CS(=O)(=O)Nc1ncc(-c2ccc(Cl)cc2)[nH]1. The number of aromatic nitrogens is 2. The van der Waals surface area contributed by atoms with Gasteiger partial charge in [0.25, 0.3) is 0 Å². The Labute approximate surface area is 132 Å². The molecule has 2 rings (SSSR count). The van der Waals surface area contributed by atoms with Gasteiger partial charge in [-0.1, -0.05) is 23.7 Å². The Morgan fingerprint density at radius 1 is 1.36 bits per heavy atom. The van der Waals surface area contributed by atoms with Crippen LogP contribution >= 0.6 is 11.6 Å². The van der Waals surface area contributed by atoms with E-state index < -0.39 is 21.7 Å². The molecule has 0 amide bonds. The number of anilines is 1. The highest BCUT2D eigenvalue weighted by Crippen LogP contribution is 2.21. The number of imidazole rings is 1. The van der Waals surface area contributed by atoms with Gasteiger partial charge in [-0.25, -0.2) is 13.4 Å². The van der Waals surface area contributed by atoms with Gasteiger partial charge in [0.2, 0.25) is 16.0 Å². The zero-order valence-electron chi connectivity index (χ0n) is 11.7. The lowest BCUT2D eigenvalue weighted by Gasteiger charge is -2.04. The van der Waals surface area contributed by atoms with Crippen molar-refractivity contribution in [3.63, 3.8) is 0 Å². The molecule has 2 aromatic rings. The van der Waals surface area contributed by atoms with Crippen LogP contribution in [0.3, 0.4) is 0 Å². The summed E-state index contributed by atoms with van der Waals surface area (Å²) in [5.74, 6) is -1.56. The van der Waals surface area contributed by atoms with Gasteiger partial charge in [0.05, 0.1) is 18.5 Å². The molecule has 0 unspecified atom stereocenters. The van der Waals surface area contributed by atoms with Gasteiger partial charge >= 0.3 is 5.97 Å². The summed E-state index contributed by atoms with van der Waals surface area (Å²) < 4.78 is 30.4. The Morgan fingerprint density at radius 3 is 2.68 bits per heavy atom. The van der Waals surface area contributed by atoms with Crippen LogP contribution in [0, 0.1) is 0 Å². The quantitative estimate of drug-likeness (QED) is 0.781. The molecule has 0 radical (unpaired) electrons. The Bertz CT molecular complexity index is 756. The maximum Gasteiger partial charge on any atom is 0.323 e. The molecule has 2 N–H and O–H groups in total. The third-order valence-electron chi connectivity index (χ3n) is 2.60. The fourth-order valence-corrected chi connectivity index (χ4v) is 2.68. The highest BCUT2D eigenvalue weighted by molar-refractivity contribution is 7.93. The number of hydrogen-bond donors (Lipinski definition) is 2. The number of nitrogens with zero attached hydrogens (tertiary/aromatic N) is 1. The van der Waals surface area contributed by atoms with Gasteiger partial charge in [-0.2, -0.15) is 0 Å². The molecule has 9 heteroatoms. The fraction of sp³-hybridized carbons (Fsp3) is 0.231. The van der Waals surface area contributed by atoms with E-state index in [1.165, 1.54) is 6.20 Å². The van der Waals surface area contributed by atoms with Crippen LogP contribution in [0.15, 0.2) is 30.5 Å². The van der Waals surface area contributed by atoms with E-state index in [0.717, 1.165) is 5.56 Å². The summed E-state index contributed by atoms with van der Waals surface area (Å²) in [7, 11) is -3.87. The molecule has 118 valence electrons. The molecule has 0 bridgehead atoms. The molecule has 0 saturated heterocycles. The summed E-state index contributed by atoms with van der Waals surface area (Å²) in [4.78, 5) is 18.0. The first kappa shape index (κ1) is 16.3. The number of carbonyl (C=O) groups excluding carboxylic acids is 1. The van der Waals surface area contributed by atoms with Crippen molar-refractivity contribution < 1.29 is 17.9 Å². The topological polar surface area (TPSA) is 101 Å². The molecule has 0 spiro atoms. The molecule has 1 aromatic carbocycles. The number of rotatable bonds is 6. The van der Waals surface area contributed by atoms with Gasteiger partial charge in [0, 0.05) is 5.02 Å². The molecular weight excluding hydrogens is 330 g/mol. The summed E-state index contributed by atoms with van der Waals surface area (Å²) in [5.41, 5.74) is 1.42. The number of nitrogens with one attached hydrogen (secondary N) is 2. The van der Waals surface area contributed by atoms with Gasteiger partial charge in [-0.15, -0.1) is 0 Å². The van der Waals surface area contributed by atoms with Crippen molar-refractivity contribution in [3.8, 4) is 11.3 Å². The molecule has 0 aliphatic heterocycles. The fourth-order valence-electron chi connectivity index (χ4n) is 1.69. The molecule has 0 aliphatic carbocycles. The third kappa shape index (κ3) is 4.47. The first-order valence-corrected chi connectivity index (χ1v) is 8.39. The Kier molecular flexibility index (Phi) is 5.04. The van der Waals surface area contributed by atoms with E-state index in [-0.39, 0.29) is 12.6 Å². The van der Waals surface area contributed by atoms with Crippen LogP contribution in [-0.2, 0) is 19.6 Å². The van der Waals surface area contributed by atoms with Crippen LogP contribution in [0.2, 0.25) is 5.02 Å². The second-order valence-electron chi connectivity index (χ2n) is 4.32. The van der Waals surface area contributed by atoms with E-state index in [9.17, 15) is 13.2 Å². The Morgan fingerprint density at radius 2 is 2.05 bits per heavy atom. The molecular formula is C13H14ClN3O4S. The van der Waals surface area contributed by atoms with Crippen LogP contribution in [0.5, 0.6) is 0 Å². The van der Waals surface area contributed by atoms with Crippen molar-refractivity contribution in [1.29, 1.82) is 0 Å². The van der Waals surface area contributed by atoms with Crippen molar-refractivity contribution in [2.75, 3.05) is 17.1 Å². The number of aromatic amines is 1. The first-order chi connectivity index (χ1) is 10.4. The smallest absolute Gasteiger partial charge is 0.323 e. The van der Waals surface area contributed by atoms with E-state index >= 15 is 0 Å². The Balaban J connectivity index is 2.08. The van der Waals surface area contributed by atoms with Gasteiger partial charge < -0.3 is 9.72 Å². The van der Waals surface area contributed by atoms with Crippen LogP contribution < -0.4 is 4.72 Å². The molecule has 0 fully saturated rings. The zero-order chi connectivity index (χ0) is 16.2. The lowest BCUT2D eigenvalue weighted by Crippen LogP contribution is -2.24. The Hall–Kier alpha value is -2.06. The maximum atomic E-state index is 11.8. The largest absolute Gasteiger partial charge is 0.465 e. The minimum atomic E-state index is -3.87. The molecule has 22 heavy (non-hydrogen) atoms. The average Bonchev–Trinajstić information content (AvgIpc) is 2.86. The molecule has 1 aromatic heterocycles. The summed E-state index contributed by atoms with van der Waals surface area (Å²) in [6.45, 7) is 1.72. The van der Waals surface area contributed by atoms with Crippen molar-refractivity contribution in [2.24, 2.45) is 0 Å². The maximum absolute atomic E-state index is 11.8. The monoisotopic (exact) mass is 343 g/mol. The number of carbonyl (C=O) groups is 1.